The molecule has 0 saturated heterocycles. The molecule has 1 fully saturated rings. The van der Waals surface area contributed by atoms with E-state index in [9.17, 15) is 4.79 Å². The first kappa shape index (κ1) is 20.3. The number of nitrogens with zero attached hydrogens (tertiary/aromatic N) is 6. The van der Waals surface area contributed by atoms with Crippen LogP contribution in [0.2, 0.25) is 0 Å². The van der Waals surface area contributed by atoms with E-state index < -0.39 is 0 Å². The van der Waals surface area contributed by atoms with Crippen molar-refractivity contribution < 1.29 is 9.32 Å². The molecule has 0 N–H and O–H groups in total. The summed E-state index contributed by atoms with van der Waals surface area (Å²) in [6.45, 7) is 6.10. The molecule has 3 aromatic rings. The predicted molar refractivity (Wildman–Crippen MR) is 112 cm³/mol. The largest absolute Gasteiger partial charge is 0.337 e. The third-order valence-corrected chi connectivity index (χ3v) is 5.60. The van der Waals surface area contributed by atoms with Crippen LogP contribution in [0.15, 0.2) is 35.4 Å². The van der Waals surface area contributed by atoms with Crippen molar-refractivity contribution in [3.8, 4) is 17.3 Å². The maximum atomic E-state index is 12.8. The molecule has 0 radical (unpaired) electrons. The summed E-state index contributed by atoms with van der Waals surface area (Å²) in [4.78, 5) is 27.9. The molecule has 0 atom stereocenters. The van der Waals surface area contributed by atoms with Gasteiger partial charge >= 0.3 is 0 Å². The van der Waals surface area contributed by atoms with Crippen molar-refractivity contribution in [1.29, 1.82) is 0 Å². The molecule has 1 amide bonds. The third kappa shape index (κ3) is 4.13. The van der Waals surface area contributed by atoms with Crippen LogP contribution in [0.25, 0.3) is 17.3 Å². The average molecular weight is 409 g/mol. The molecule has 158 valence electrons. The van der Waals surface area contributed by atoms with Gasteiger partial charge < -0.3 is 9.42 Å². The molecule has 3 aromatic heterocycles. The lowest BCUT2D eigenvalue weighted by atomic mass is 9.94. The number of aromatic nitrogens is 5. The lowest BCUT2D eigenvalue weighted by molar-refractivity contribution is 0.0691. The minimum Gasteiger partial charge on any atom is -0.337 e. The molecule has 0 aromatic carbocycles. The van der Waals surface area contributed by atoms with Crippen LogP contribution in [0.4, 0.5) is 0 Å². The topological polar surface area (TPSA) is 89.9 Å². The zero-order chi connectivity index (χ0) is 21.3. The fraction of sp³-hybridized carbons (Fsp3) is 0.500. The van der Waals surface area contributed by atoms with Gasteiger partial charge in [0, 0.05) is 30.9 Å². The normalized spacial score (nSPS) is 15.3. The number of hydrogen-bond acceptors (Lipinski definition) is 6. The second-order valence-corrected chi connectivity index (χ2v) is 8.95. The van der Waals surface area contributed by atoms with E-state index in [-0.39, 0.29) is 11.3 Å². The Labute approximate surface area is 176 Å². The Morgan fingerprint density at radius 2 is 1.93 bits per heavy atom. The molecule has 0 spiro atoms. The first-order valence-electron chi connectivity index (χ1n) is 10.4. The second kappa shape index (κ2) is 8.01. The van der Waals surface area contributed by atoms with Crippen LogP contribution in [-0.4, -0.2) is 48.6 Å². The van der Waals surface area contributed by atoms with Crippen LogP contribution in [-0.2, 0) is 5.41 Å². The van der Waals surface area contributed by atoms with E-state index in [1.54, 1.807) is 23.3 Å². The lowest BCUT2D eigenvalue weighted by Crippen LogP contribution is -2.38. The number of imidazole rings is 1. The predicted octanol–water partition coefficient (Wildman–Crippen LogP) is 4.02. The highest BCUT2D eigenvalue weighted by Gasteiger charge is 2.25. The van der Waals surface area contributed by atoms with E-state index in [2.05, 4.69) is 20.1 Å². The highest BCUT2D eigenvalue weighted by molar-refractivity contribution is 5.92. The molecule has 0 bridgehead atoms. The van der Waals surface area contributed by atoms with Crippen molar-refractivity contribution in [3.05, 3.63) is 42.4 Å². The van der Waals surface area contributed by atoms with Gasteiger partial charge in [0.05, 0.1) is 5.56 Å². The Hall–Kier alpha value is -3.03. The Kier molecular flexibility index (Phi) is 5.40. The molecule has 8 heteroatoms. The van der Waals surface area contributed by atoms with E-state index >= 15 is 0 Å². The first-order valence-corrected chi connectivity index (χ1v) is 10.4. The van der Waals surface area contributed by atoms with Crippen molar-refractivity contribution in [2.24, 2.45) is 0 Å². The summed E-state index contributed by atoms with van der Waals surface area (Å²) in [6, 6.07) is 4.02. The van der Waals surface area contributed by atoms with Gasteiger partial charge in [0.2, 0.25) is 0 Å². The van der Waals surface area contributed by atoms with E-state index in [0.717, 1.165) is 18.4 Å². The van der Waals surface area contributed by atoms with Gasteiger partial charge in [-0.05, 0) is 25.0 Å². The summed E-state index contributed by atoms with van der Waals surface area (Å²) < 4.78 is 7.12. The number of pyridine rings is 1. The quantitative estimate of drug-likeness (QED) is 0.648. The number of hydrogen-bond donors (Lipinski definition) is 0. The third-order valence-electron chi connectivity index (χ3n) is 5.60. The minimum atomic E-state index is -0.181. The van der Waals surface area contributed by atoms with Gasteiger partial charge in [0.15, 0.2) is 5.82 Å². The summed E-state index contributed by atoms with van der Waals surface area (Å²) >= 11 is 0. The Morgan fingerprint density at radius 3 is 2.57 bits per heavy atom. The summed E-state index contributed by atoms with van der Waals surface area (Å²) in [5.74, 6) is 1.72. The van der Waals surface area contributed by atoms with Crippen LogP contribution < -0.4 is 0 Å². The smallest absolute Gasteiger partial charge is 0.274 e. The molecular formula is C22H28N6O2. The van der Waals surface area contributed by atoms with Gasteiger partial charge in [-0.1, -0.05) is 45.2 Å². The van der Waals surface area contributed by atoms with Gasteiger partial charge in [0.25, 0.3) is 11.8 Å². The monoisotopic (exact) mass is 408 g/mol. The lowest BCUT2D eigenvalue weighted by Gasteiger charge is -2.30. The standard InChI is InChI=1S/C22H28N6O2/c1-22(2,3)21-25-19(30-26-21)15-10-11-18(23-12-15)28-13-17(24-14-28)20(29)27(4)16-8-6-5-7-9-16/h10-14,16H,5-9H2,1-4H3. The van der Waals surface area contributed by atoms with E-state index in [4.69, 9.17) is 4.52 Å². The molecule has 0 unspecified atom stereocenters. The van der Waals surface area contributed by atoms with Crippen LogP contribution in [0.3, 0.4) is 0 Å². The second-order valence-electron chi connectivity index (χ2n) is 8.95. The zero-order valence-corrected chi connectivity index (χ0v) is 18.0. The molecule has 3 heterocycles. The number of rotatable bonds is 4. The van der Waals surface area contributed by atoms with Crippen LogP contribution >= 0.6 is 0 Å². The van der Waals surface area contributed by atoms with E-state index in [1.807, 2.05) is 44.9 Å². The number of amides is 1. The Bertz CT molecular complexity index is 1010. The highest BCUT2D eigenvalue weighted by Crippen LogP contribution is 2.24. The minimum absolute atomic E-state index is 0.0437. The molecular weight excluding hydrogens is 380 g/mol. The molecule has 0 aliphatic heterocycles. The maximum Gasteiger partial charge on any atom is 0.274 e. The van der Waals surface area contributed by atoms with Gasteiger partial charge in [-0.15, -0.1) is 0 Å². The maximum absolute atomic E-state index is 12.8. The first-order chi connectivity index (χ1) is 14.3. The summed E-state index contributed by atoms with van der Waals surface area (Å²) in [5.41, 5.74) is 0.996. The fourth-order valence-electron chi connectivity index (χ4n) is 3.68. The van der Waals surface area contributed by atoms with E-state index in [1.165, 1.54) is 19.3 Å². The Balaban J connectivity index is 1.48. The van der Waals surface area contributed by atoms with Crippen molar-refractivity contribution in [2.45, 2.75) is 64.3 Å². The zero-order valence-electron chi connectivity index (χ0n) is 18.0. The molecule has 1 aliphatic rings. The number of carbonyl (C=O) groups excluding carboxylic acids is 1. The van der Waals surface area contributed by atoms with Crippen molar-refractivity contribution in [1.82, 2.24) is 29.6 Å². The van der Waals surface area contributed by atoms with Crippen LogP contribution in [0.5, 0.6) is 0 Å². The van der Waals surface area contributed by atoms with Crippen molar-refractivity contribution in [3.63, 3.8) is 0 Å². The molecule has 8 nitrogen and oxygen atoms in total. The van der Waals surface area contributed by atoms with Crippen LogP contribution in [0, 0.1) is 0 Å². The van der Waals surface area contributed by atoms with Gasteiger partial charge in [-0.3, -0.25) is 9.36 Å². The van der Waals surface area contributed by atoms with Gasteiger partial charge in [0.1, 0.15) is 17.8 Å². The van der Waals surface area contributed by atoms with Crippen molar-refractivity contribution >= 4 is 5.91 Å². The fourth-order valence-corrected chi connectivity index (χ4v) is 3.68. The van der Waals surface area contributed by atoms with Crippen molar-refractivity contribution in [2.75, 3.05) is 7.05 Å². The summed E-state index contributed by atoms with van der Waals surface area (Å²) in [5, 5.41) is 4.05. The molecule has 1 saturated carbocycles. The molecule has 1 aliphatic carbocycles. The highest BCUT2D eigenvalue weighted by atomic mass is 16.5. The van der Waals surface area contributed by atoms with Crippen LogP contribution in [0.1, 0.15) is 69.2 Å². The Morgan fingerprint density at radius 1 is 1.17 bits per heavy atom. The SMILES string of the molecule is CN(C(=O)c1cn(-c2ccc(-c3nc(C(C)(C)C)no3)cn2)cn1)C1CCCCC1. The molecule has 30 heavy (non-hydrogen) atoms. The van der Waals surface area contributed by atoms with E-state index in [0.29, 0.717) is 29.3 Å². The average Bonchev–Trinajstić information content (AvgIpc) is 3.43. The number of carbonyl (C=O) groups is 1. The van der Waals surface area contributed by atoms with Gasteiger partial charge in [-0.25, -0.2) is 9.97 Å². The van der Waals surface area contributed by atoms with Gasteiger partial charge in [-0.2, -0.15) is 4.98 Å². The summed E-state index contributed by atoms with van der Waals surface area (Å²) in [6.07, 6.45) is 10.8. The molecule has 4 rings (SSSR count). The summed E-state index contributed by atoms with van der Waals surface area (Å²) in [7, 11) is 1.88.